The third kappa shape index (κ3) is 2.65. The molecule has 8 heteroatoms. The standard InChI is InChI=1S/C16H18N6O2/c1-21-14(9-12(20-21)11-3-2-8-24-10-11)19-16(23)15-13-4-5-18-22(13)7-6-17-15/h4-7,9,11H,2-3,8,10H2,1H3,(H,19,23). The van der Waals surface area contributed by atoms with Crippen LogP contribution in [0, 0.1) is 0 Å². The van der Waals surface area contributed by atoms with E-state index in [4.69, 9.17) is 4.74 Å². The van der Waals surface area contributed by atoms with Gasteiger partial charge in [-0.05, 0) is 18.9 Å². The normalized spacial score (nSPS) is 18.0. The van der Waals surface area contributed by atoms with Crippen molar-refractivity contribution in [3.8, 4) is 0 Å². The maximum atomic E-state index is 12.6. The van der Waals surface area contributed by atoms with Gasteiger partial charge in [0.05, 0.1) is 24.0 Å². The zero-order valence-corrected chi connectivity index (χ0v) is 13.3. The third-order valence-corrected chi connectivity index (χ3v) is 4.26. The molecule has 1 N–H and O–H groups in total. The van der Waals surface area contributed by atoms with E-state index >= 15 is 0 Å². The van der Waals surface area contributed by atoms with Crippen molar-refractivity contribution >= 4 is 17.2 Å². The minimum absolute atomic E-state index is 0.282. The van der Waals surface area contributed by atoms with Crippen LogP contribution in [0.15, 0.2) is 30.7 Å². The predicted octanol–water partition coefficient (Wildman–Crippen LogP) is 1.61. The Kier molecular flexibility index (Phi) is 3.73. The number of fused-ring (bicyclic) bond motifs is 1. The molecule has 0 saturated carbocycles. The average Bonchev–Trinajstić information content (AvgIpc) is 3.22. The Labute approximate surface area is 138 Å². The minimum atomic E-state index is -0.282. The maximum absolute atomic E-state index is 12.6. The van der Waals surface area contributed by atoms with Crippen molar-refractivity contribution < 1.29 is 9.53 Å². The lowest BCUT2D eigenvalue weighted by Crippen LogP contribution is -2.17. The van der Waals surface area contributed by atoms with E-state index in [0.717, 1.165) is 25.1 Å². The highest BCUT2D eigenvalue weighted by Crippen LogP contribution is 2.26. The summed E-state index contributed by atoms with van der Waals surface area (Å²) in [5.41, 5.74) is 1.94. The molecule has 1 fully saturated rings. The number of hydrogen-bond acceptors (Lipinski definition) is 5. The predicted molar refractivity (Wildman–Crippen MR) is 86.9 cm³/mol. The Morgan fingerprint density at radius 2 is 2.33 bits per heavy atom. The molecule has 0 spiro atoms. The quantitative estimate of drug-likeness (QED) is 0.790. The van der Waals surface area contributed by atoms with Gasteiger partial charge in [-0.15, -0.1) is 0 Å². The molecule has 0 aromatic carbocycles. The van der Waals surface area contributed by atoms with Crippen LogP contribution < -0.4 is 5.32 Å². The fourth-order valence-corrected chi connectivity index (χ4v) is 2.99. The number of carbonyl (C=O) groups excluding carboxylic acids is 1. The number of rotatable bonds is 3. The average molecular weight is 326 g/mol. The second-order valence-electron chi connectivity index (χ2n) is 5.88. The first kappa shape index (κ1) is 14.8. The van der Waals surface area contributed by atoms with Gasteiger partial charge in [-0.25, -0.2) is 9.50 Å². The van der Waals surface area contributed by atoms with Crippen LogP contribution in [0.3, 0.4) is 0 Å². The van der Waals surface area contributed by atoms with Crippen LogP contribution in [0.25, 0.3) is 5.52 Å². The summed E-state index contributed by atoms with van der Waals surface area (Å²) in [5.74, 6) is 0.645. The molecule has 3 aromatic heterocycles. The van der Waals surface area contributed by atoms with E-state index in [0.29, 0.717) is 23.6 Å². The van der Waals surface area contributed by atoms with Gasteiger partial charge >= 0.3 is 0 Å². The largest absolute Gasteiger partial charge is 0.381 e. The summed E-state index contributed by atoms with van der Waals surface area (Å²) in [7, 11) is 1.82. The summed E-state index contributed by atoms with van der Waals surface area (Å²) in [6, 6.07) is 3.67. The van der Waals surface area contributed by atoms with Gasteiger partial charge in [0.2, 0.25) is 0 Å². The SMILES string of the molecule is Cn1nc(C2CCCOC2)cc1NC(=O)c1nccn2nccc12. The summed E-state index contributed by atoms with van der Waals surface area (Å²) in [4.78, 5) is 16.8. The van der Waals surface area contributed by atoms with Crippen LogP contribution >= 0.6 is 0 Å². The second kappa shape index (κ2) is 6.04. The van der Waals surface area contributed by atoms with Crippen LogP contribution in [0.1, 0.15) is 34.9 Å². The molecule has 8 nitrogen and oxygen atoms in total. The van der Waals surface area contributed by atoms with Crippen molar-refractivity contribution in [3.05, 3.63) is 42.1 Å². The zero-order chi connectivity index (χ0) is 16.5. The first-order chi connectivity index (χ1) is 11.7. The van der Waals surface area contributed by atoms with Crippen LogP contribution in [0.2, 0.25) is 0 Å². The van der Waals surface area contributed by atoms with Crippen LogP contribution in [-0.2, 0) is 11.8 Å². The van der Waals surface area contributed by atoms with Crippen molar-refractivity contribution in [3.63, 3.8) is 0 Å². The Balaban J connectivity index is 1.57. The lowest BCUT2D eigenvalue weighted by Gasteiger charge is -2.19. The van der Waals surface area contributed by atoms with E-state index in [1.165, 1.54) is 0 Å². The number of hydrogen-bond donors (Lipinski definition) is 1. The molecule has 4 rings (SSSR count). The summed E-state index contributed by atoms with van der Waals surface area (Å²) < 4.78 is 8.82. The summed E-state index contributed by atoms with van der Waals surface area (Å²) in [6.07, 6.45) is 7.00. The molecular formula is C16H18N6O2. The van der Waals surface area contributed by atoms with Gasteiger partial charge in [-0.1, -0.05) is 0 Å². The number of nitrogens with zero attached hydrogens (tertiary/aromatic N) is 5. The summed E-state index contributed by atoms with van der Waals surface area (Å²) in [5, 5.41) is 11.5. The molecule has 1 saturated heterocycles. The molecule has 1 unspecified atom stereocenters. The molecule has 1 amide bonds. The third-order valence-electron chi connectivity index (χ3n) is 4.26. The molecule has 124 valence electrons. The van der Waals surface area contributed by atoms with Gasteiger partial charge in [-0.3, -0.25) is 9.48 Å². The zero-order valence-electron chi connectivity index (χ0n) is 13.3. The number of amides is 1. The number of aryl methyl sites for hydroxylation is 1. The molecule has 0 bridgehead atoms. The Morgan fingerprint density at radius 1 is 1.42 bits per heavy atom. The lowest BCUT2D eigenvalue weighted by molar-refractivity contribution is 0.0791. The maximum Gasteiger partial charge on any atom is 0.277 e. The van der Waals surface area contributed by atoms with Crippen molar-refractivity contribution in [2.75, 3.05) is 18.5 Å². The van der Waals surface area contributed by atoms with E-state index in [1.807, 2.05) is 13.1 Å². The van der Waals surface area contributed by atoms with Crippen molar-refractivity contribution in [2.45, 2.75) is 18.8 Å². The lowest BCUT2D eigenvalue weighted by atomic mass is 9.99. The molecule has 4 heterocycles. The Morgan fingerprint density at radius 3 is 3.17 bits per heavy atom. The molecular weight excluding hydrogens is 308 g/mol. The number of nitrogens with one attached hydrogen (secondary N) is 1. The smallest absolute Gasteiger partial charge is 0.277 e. The van der Waals surface area contributed by atoms with Gasteiger partial charge < -0.3 is 10.1 Å². The summed E-state index contributed by atoms with van der Waals surface area (Å²) in [6.45, 7) is 1.50. The molecule has 3 aromatic rings. The van der Waals surface area contributed by atoms with Gasteiger partial charge in [-0.2, -0.15) is 10.2 Å². The van der Waals surface area contributed by atoms with E-state index < -0.39 is 0 Å². The van der Waals surface area contributed by atoms with Crippen molar-refractivity contribution in [2.24, 2.45) is 7.05 Å². The highest BCUT2D eigenvalue weighted by Gasteiger charge is 2.21. The van der Waals surface area contributed by atoms with Crippen LogP contribution in [0.5, 0.6) is 0 Å². The summed E-state index contributed by atoms with van der Waals surface area (Å²) >= 11 is 0. The van der Waals surface area contributed by atoms with Gasteiger partial charge in [0.25, 0.3) is 5.91 Å². The Hall–Kier alpha value is -2.74. The molecule has 0 aliphatic carbocycles. The molecule has 0 radical (unpaired) electrons. The van der Waals surface area contributed by atoms with Crippen LogP contribution in [0.4, 0.5) is 5.82 Å². The highest BCUT2D eigenvalue weighted by molar-refractivity contribution is 6.06. The number of carbonyl (C=O) groups is 1. The Bertz CT molecular complexity index is 878. The first-order valence-electron chi connectivity index (χ1n) is 7.94. The topological polar surface area (TPSA) is 86.3 Å². The van der Waals surface area contributed by atoms with Crippen LogP contribution in [-0.4, -0.2) is 43.5 Å². The second-order valence-corrected chi connectivity index (χ2v) is 5.88. The van der Waals surface area contributed by atoms with Gasteiger partial charge in [0.1, 0.15) is 5.82 Å². The van der Waals surface area contributed by atoms with E-state index in [-0.39, 0.29) is 11.8 Å². The number of anilines is 1. The number of ether oxygens (including phenoxy) is 1. The monoisotopic (exact) mass is 326 g/mol. The van der Waals surface area contributed by atoms with Crippen molar-refractivity contribution in [1.29, 1.82) is 0 Å². The first-order valence-corrected chi connectivity index (χ1v) is 7.94. The molecule has 1 aliphatic heterocycles. The highest BCUT2D eigenvalue weighted by atomic mass is 16.5. The van der Waals surface area contributed by atoms with E-state index in [9.17, 15) is 4.79 Å². The van der Waals surface area contributed by atoms with Crippen molar-refractivity contribution in [1.82, 2.24) is 24.4 Å². The fraction of sp³-hybridized carbons (Fsp3) is 0.375. The van der Waals surface area contributed by atoms with Gasteiger partial charge in [0.15, 0.2) is 5.69 Å². The molecule has 1 atom stereocenters. The van der Waals surface area contributed by atoms with E-state index in [2.05, 4.69) is 20.5 Å². The fourth-order valence-electron chi connectivity index (χ4n) is 2.99. The molecule has 1 aliphatic rings. The molecule has 24 heavy (non-hydrogen) atoms. The number of aromatic nitrogens is 5. The van der Waals surface area contributed by atoms with E-state index in [1.54, 1.807) is 33.9 Å². The minimum Gasteiger partial charge on any atom is -0.381 e. The van der Waals surface area contributed by atoms with Gasteiger partial charge in [0, 0.05) is 38.0 Å².